The summed E-state index contributed by atoms with van der Waals surface area (Å²) >= 11 is 3.00. The Balaban J connectivity index is 1.78. The lowest BCUT2D eigenvalue weighted by molar-refractivity contribution is 0.0943. The minimum atomic E-state index is -0.113. The number of nitrogens with one attached hydrogen (secondary N) is 1. The third-order valence-electron chi connectivity index (χ3n) is 3.70. The van der Waals surface area contributed by atoms with E-state index in [0.717, 1.165) is 21.4 Å². The van der Waals surface area contributed by atoms with E-state index in [1.54, 1.807) is 17.5 Å². The predicted molar refractivity (Wildman–Crippen MR) is 94.5 cm³/mol. The fraction of sp³-hybridized carbons (Fsp3) is 0.438. The first kappa shape index (κ1) is 16.1. The molecule has 0 bridgehead atoms. The second-order valence-electron chi connectivity index (χ2n) is 6.61. The molecule has 0 saturated heterocycles. The van der Waals surface area contributed by atoms with Gasteiger partial charge in [0, 0.05) is 28.9 Å². The molecular formula is C16H20N4OS2. The van der Waals surface area contributed by atoms with Crippen LogP contribution in [0.15, 0.2) is 17.8 Å². The van der Waals surface area contributed by atoms with E-state index in [4.69, 9.17) is 0 Å². The Kier molecular flexibility index (Phi) is 4.01. The highest BCUT2D eigenvalue weighted by molar-refractivity contribution is 7.19. The monoisotopic (exact) mass is 348 g/mol. The maximum absolute atomic E-state index is 12.6. The Hall–Kier alpha value is -1.73. The average molecular weight is 348 g/mol. The molecule has 1 unspecified atom stereocenters. The molecule has 0 spiro atoms. The van der Waals surface area contributed by atoms with E-state index in [-0.39, 0.29) is 17.4 Å². The number of thiazole rings is 2. The molecule has 3 heterocycles. The van der Waals surface area contributed by atoms with Gasteiger partial charge in [-0.2, -0.15) is 0 Å². The van der Waals surface area contributed by atoms with Crippen LogP contribution in [0.1, 0.15) is 59.8 Å². The normalized spacial score (nSPS) is 13.4. The summed E-state index contributed by atoms with van der Waals surface area (Å²) in [6.07, 6.45) is 3.62. The molecule has 0 aliphatic rings. The summed E-state index contributed by atoms with van der Waals surface area (Å²) in [5.74, 6) is -0.0713. The predicted octanol–water partition coefficient (Wildman–Crippen LogP) is 3.95. The quantitative estimate of drug-likeness (QED) is 0.780. The van der Waals surface area contributed by atoms with E-state index in [1.807, 2.05) is 24.4 Å². The van der Waals surface area contributed by atoms with E-state index in [2.05, 4.69) is 41.4 Å². The number of carbonyl (C=O) groups excluding carboxylic acids is 1. The Labute approximate surface area is 143 Å². The molecule has 0 aliphatic heterocycles. The molecule has 3 aromatic rings. The Morgan fingerprint density at radius 3 is 2.74 bits per heavy atom. The molecule has 122 valence electrons. The zero-order valence-electron chi connectivity index (χ0n) is 13.9. The molecule has 1 atom stereocenters. The van der Waals surface area contributed by atoms with Gasteiger partial charge in [-0.25, -0.2) is 9.97 Å². The molecule has 5 nitrogen and oxygen atoms in total. The van der Waals surface area contributed by atoms with Gasteiger partial charge in [0.05, 0.1) is 11.7 Å². The van der Waals surface area contributed by atoms with Gasteiger partial charge >= 0.3 is 0 Å². The number of amides is 1. The zero-order chi connectivity index (χ0) is 16.8. The van der Waals surface area contributed by atoms with Gasteiger partial charge in [0.2, 0.25) is 0 Å². The van der Waals surface area contributed by atoms with Crippen molar-refractivity contribution in [3.05, 3.63) is 39.0 Å². The summed E-state index contributed by atoms with van der Waals surface area (Å²) in [6.45, 7) is 10.3. The van der Waals surface area contributed by atoms with Crippen LogP contribution in [0.25, 0.3) is 4.96 Å². The van der Waals surface area contributed by atoms with Gasteiger partial charge in [-0.15, -0.1) is 11.3 Å². The molecule has 0 radical (unpaired) electrons. The van der Waals surface area contributed by atoms with Crippen LogP contribution in [0, 0.1) is 6.92 Å². The van der Waals surface area contributed by atoms with Crippen molar-refractivity contribution in [3.8, 4) is 0 Å². The molecule has 1 N–H and O–H groups in total. The van der Waals surface area contributed by atoms with Crippen molar-refractivity contribution < 1.29 is 4.79 Å². The van der Waals surface area contributed by atoms with Gasteiger partial charge < -0.3 is 5.32 Å². The van der Waals surface area contributed by atoms with Crippen LogP contribution in [0.2, 0.25) is 0 Å². The Morgan fingerprint density at radius 1 is 1.39 bits per heavy atom. The van der Waals surface area contributed by atoms with E-state index >= 15 is 0 Å². The van der Waals surface area contributed by atoms with Crippen molar-refractivity contribution in [2.75, 3.05) is 0 Å². The van der Waals surface area contributed by atoms with Gasteiger partial charge in [0.25, 0.3) is 5.91 Å². The van der Waals surface area contributed by atoms with Crippen LogP contribution in [-0.4, -0.2) is 20.3 Å². The highest BCUT2D eigenvalue weighted by Gasteiger charge is 2.22. The smallest absolute Gasteiger partial charge is 0.263 e. The van der Waals surface area contributed by atoms with E-state index < -0.39 is 0 Å². The van der Waals surface area contributed by atoms with Crippen molar-refractivity contribution in [1.29, 1.82) is 0 Å². The Morgan fingerprint density at radius 2 is 2.13 bits per heavy atom. The first-order valence-corrected chi connectivity index (χ1v) is 9.16. The van der Waals surface area contributed by atoms with Crippen LogP contribution in [0.5, 0.6) is 0 Å². The van der Waals surface area contributed by atoms with Crippen LogP contribution < -0.4 is 5.32 Å². The van der Waals surface area contributed by atoms with Crippen LogP contribution in [0.3, 0.4) is 0 Å². The number of fused-ring (bicyclic) bond motifs is 1. The summed E-state index contributed by atoms with van der Waals surface area (Å²) < 4.78 is 1.94. The number of hydrogen-bond acceptors (Lipinski definition) is 5. The van der Waals surface area contributed by atoms with Gasteiger partial charge in [-0.3, -0.25) is 9.20 Å². The van der Waals surface area contributed by atoms with Crippen molar-refractivity contribution in [2.45, 2.75) is 46.1 Å². The summed E-state index contributed by atoms with van der Waals surface area (Å²) in [5.41, 5.74) is 2.00. The van der Waals surface area contributed by atoms with Gasteiger partial charge in [-0.05, 0) is 13.8 Å². The molecule has 0 fully saturated rings. The minimum Gasteiger partial charge on any atom is -0.342 e. The molecule has 23 heavy (non-hydrogen) atoms. The summed E-state index contributed by atoms with van der Waals surface area (Å²) in [4.78, 5) is 23.0. The summed E-state index contributed by atoms with van der Waals surface area (Å²) in [7, 11) is 0. The highest BCUT2D eigenvalue weighted by atomic mass is 32.1. The number of aromatic nitrogens is 3. The van der Waals surface area contributed by atoms with E-state index in [9.17, 15) is 4.79 Å². The standard InChI is InChI=1S/C16H20N4OS2/c1-9(14-19-11(8-22-14)16(3,4)5)18-13(21)12-10(2)20-7-6-17-15(20)23-12/h6-9H,1-5H3,(H,18,21). The third kappa shape index (κ3) is 3.03. The largest absolute Gasteiger partial charge is 0.342 e. The number of nitrogens with zero attached hydrogens (tertiary/aromatic N) is 3. The number of imidazole rings is 1. The third-order valence-corrected chi connectivity index (χ3v) is 5.90. The van der Waals surface area contributed by atoms with Crippen LogP contribution >= 0.6 is 22.7 Å². The zero-order valence-corrected chi connectivity index (χ0v) is 15.5. The van der Waals surface area contributed by atoms with Crippen LogP contribution in [0.4, 0.5) is 0 Å². The van der Waals surface area contributed by atoms with Crippen molar-refractivity contribution in [3.63, 3.8) is 0 Å². The first-order valence-electron chi connectivity index (χ1n) is 7.46. The van der Waals surface area contributed by atoms with Crippen molar-refractivity contribution >= 4 is 33.5 Å². The topological polar surface area (TPSA) is 59.3 Å². The molecule has 3 rings (SSSR count). The highest BCUT2D eigenvalue weighted by Crippen LogP contribution is 2.27. The average Bonchev–Trinajstić information content (AvgIpc) is 3.15. The molecular weight excluding hydrogens is 328 g/mol. The summed E-state index contributed by atoms with van der Waals surface area (Å²) in [6, 6.07) is -0.113. The molecule has 0 saturated carbocycles. The fourth-order valence-electron chi connectivity index (χ4n) is 2.26. The molecule has 0 aromatic carbocycles. The Bertz CT molecular complexity index is 853. The number of aryl methyl sites for hydroxylation is 1. The maximum atomic E-state index is 12.6. The number of carbonyl (C=O) groups is 1. The second kappa shape index (κ2) is 5.72. The van der Waals surface area contributed by atoms with Crippen molar-refractivity contribution in [1.82, 2.24) is 19.7 Å². The second-order valence-corrected chi connectivity index (χ2v) is 8.48. The van der Waals surface area contributed by atoms with E-state index in [1.165, 1.54) is 11.3 Å². The molecule has 3 aromatic heterocycles. The van der Waals surface area contributed by atoms with Gasteiger partial charge in [0.1, 0.15) is 9.88 Å². The molecule has 7 heteroatoms. The van der Waals surface area contributed by atoms with Gasteiger partial charge in [0.15, 0.2) is 4.96 Å². The summed E-state index contributed by atoms with van der Waals surface area (Å²) in [5, 5.41) is 6.05. The van der Waals surface area contributed by atoms with Crippen LogP contribution in [-0.2, 0) is 5.41 Å². The van der Waals surface area contributed by atoms with E-state index in [0.29, 0.717) is 4.88 Å². The fourth-order valence-corrected chi connectivity index (χ4v) is 4.30. The molecule has 1 amide bonds. The lowest BCUT2D eigenvalue weighted by atomic mass is 9.93. The number of rotatable bonds is 3. The SMILES string of the molecule is Cc1c(C(=O)NC(C)c2nc(C(C)(C)C)cs2)sc2nccn12. The number of hydrogen-bond donors (Lipinski definition) is 1. The minimum absolute atomic E-state index is 0.0219. The lowest BCUT2D eigenvalue weighted by Gasteiger charge is -2.15. The van der Waals surface area contributed by atoms with Gasteiger partial charge in [-0.1, -0.05) is 32.1 Å². The molecule has 0 aliphatic carbocycles. The first-order chi connectivity index (χ1) is 10.8. The van der Waals surface area contributed by atoms with Crippen molar-refractivity contribution in [2.24, 2.45) is 0 Å². The lowest BCUT2D eigenvalue weighted by Crippen LogP contribution is -2.26. The maximum Gasteiger partial charge on any atom is 0.263 e.